The van der Waals surface area contributed by atoms with E-state index in [1.54, 1.807) is 0 Å². The van der Waals surface area contributed by atoms with Crippen LogP contribution in [0, 0.1) is 24.3 Å². The summed E-state index contributed by atoms with van der Waals surface area (Å²) in [7, 11) is 0. The standard InChI is InChI=1S/C21H19IN2/c1-11-12(2)20-16-10-14(22)8-9-18(16)24-21(20)13(3)19(11)15-6-4-5-7-17(15)23/h4-10,24H,23H2,1-3H3. The van der Waals surface area contributed by atoms with Gasteiger partial charge in [0.25, 0.3) is 0 Å². The van der Waals surface area contributed by atoms with Crippen molar-refractivity contribution < 1.29 is 0 Å². The molecule has 1 aromatic heterocycles. The molecule has 0 spiro atoms. The molecular formula is C21H19IN2. The minimum absolute atomic E-state index is 0.827. The number of aromatic nitrogens is 1. The number of hydrogen-bond acceptors (Lipinski definition) is 1. The predicted octanol–water partition coefficient (Wildman–Crippen LogP) is 6.10. The number of rotatable bonds is 1. The number of aromatic amines is 1. The van der Waals surface area contributed by atoms with Gasteiger partial charge in [-0.15, -0.1) is 0 Å². The first-order chi connectivity index (χ1) is 11.5. The Kier molecular flexibility index (Phi) is 3.57. The number of hydrogen-bond donors (Lipinski definition) is 2. The fraction of sp³-hybridized carbons (Fsp3) is 0.143. The summed E-state index contributed by atoms with van der Waals surface area (Å²) >= 11 is 2.38. The summed E-state index contributed by atoms with van der Waals surface area (Å²) in [6, 6.07) is 14.7. The molecule has 24 heavy (non-hydrogen) atoms. The maximum atomic E-state index is 6.27. The molecule has 0 saturated carbocycles. The molecule has 4 rings (SSSR count). The summed E-state index contributed by atoms with van der Waals surface area (Å²) in [5, 5.41) is 2.63. The number of anilines is 1. The van der Waals surface area contributed by atoms with Crippen LogP contribution in [0.1, 0.15) is 16.7 Å². The number of benzene rings is 3. The number of halogens is 1. The van der Waals surface area contributed by atoms with Gasteiger partial charge in [0.1, 0.15) is 0 Å². The van der Waals surface area contributed by atoms with E-state index in [-0.39, 0.29) is 0 Å². The molecule has 0 saturated heterocycles. The summed E-state index contributed by atoms with van der Waals surface area (Å²) in [5.74, 6) is 0. The first-order valence-electron chi connectivity index (χ1n) is 8.04. The second-order valence-electron chi connectivity index (χ2n) is 6.40. The van der Waals surface area contributed by atoms with E-state index >= 15 is 0 Å². The molecule has 2 nitrogen and oxygen atoms in total. The van der Waals surface area contributed by atoms with E-state index in [2.05, 4.69) is 78.7 Å². The van der Waals surface area contributed by atoms with Crippen LogP contribution in [0.15, 0.2) is 42.5 Å². The fourth-order valence-electron chi connectivity index (χ4n) is 3.74. The highest BCUT2D eigenvalue weighted by Gasteiger charge is 2.18. The lowest BCUT2D eigenvalue weighted by Crippen LogP contribution is -1.97. The van der Waals surface area contributed by atoms with Crippen molar-refractivity contribution in [2.75, 3.05) is 5.73 Å². The van der Waals surface area contributed by atoms with Crippen molar-refractivity contribution in [2.45, 2.75) is 20.8 Å². The van der Waals surface area contributed by atoms with Crippen molar-refractivity contribution in [1.82, 2.24) is 4.98 Å². The molecule has 0 unspecified atom stereocenters. The number of fused-ring (bicyclic) bond motifs is 3. The smallest absolute Gasteiger partial charge is 0.0503 e. The summed E-state index contributed by atoms with van der Waals surface area (Å²) in [6.07, 6.45) is 0. The molecule has 1 heterocycles. The molecule has 0 amide bonds. The first-order valence-corrected chi connectivity index (χ1v) is 9.12. The lowest BCUT2D eigenvalue weighted by atomic mass is 9.89. The molecule has 0 radical (unpaired) electrons. The van der Waals surface area contributed by atoms with Crippen molar-refractivity contribution in [3.8, 4) is 11.1 Å². The number of para-hydroxylation sites is 1. The maximum Gasteiger partial charge on any atom is 0.0503 e. The number of nitrogen functional groups attached to an aromatic ring is 1. The van der Waals surface area contributed by atoms with Crippen LogP contribution in [-0.4, -0.2) is 4.98 Å². The third-order valence-electron chi connectivity index (χ3n) is 5.05. The molecule has 0 aliphatic rings. The third kappa shape index (κ3) is 2.14. The molecule has 3 heteroatoms. The third-order valence-corrected chi connectivity index (χ3v) is 5.72. The van der Waals surface area contributed by atoms with Crippen LogP contribution in [0.5, 0.6) is 0 Å². The van der Waals surface area contributed by atoms with Gasteiger partial charge in [0.05, 0.1) is 5.52 Å². The Morgan fingerprint density at radius 1 is 0.917 bits per heavy atom. The van der Waals surface area contributed by atoms with E-state index < -0.39 is 0 Å². The zero-order chi connectivity index (χ0) is 17.0. The average Bonchev–Trinajstić information content (AvgIpc) is 2.93. The van der Waals surface area contributed by atoms with Gasteiger partial charge in [-0.2, -0.15) is 0 Å². The van der Waals surface area contributed by atoms with E-state index in [4.69, 9.17) is 5.73 Å². The van der Waals surface area contributed by atoms with Crippen LogP contribution < -0.4 is 5.73 Å². The van der Waals surface area contributed by atoms with Crippen LogP contribution in [0.2, 0.25) is 0 Å². The van der Waals surface area contributed by atoms with Gasteiger partial charge in [-0.05, 0) is 89.9 Å². The van der Waals surface area contributed by atoms with Crippen LogP contribution >= 0.6 is 22.6 Å². The van der Waals surface area contributed by atoms with E-state index in [0.717, 1.165) is 11.3 Å². The Morgan fingerprint density at radius 3 is 2.42 bits per heavy atom. The van der Waals surface area contributed by atoms with Gasteiger partial charge < -0.3 is 10.7 Å². The molecular weight excluding hydrogens is 407 g/mol. The quantitative estimate of drug-likeness (QED) is 0.280. The van der Waals surface area contributed by atoms with Crippen molar-refractivity contribution in [1.29, 1.82) is 0 Å². The van der Waals surface area contributed by atoms with Crippen molar-refractivity contribution in [2.24, 2.45) is 0 Å². The normalized spacial score (nSPS) is 11.5. The van der Waals surface area contributed by atoms with Gasteiger partial charge in [0, 0.05) is 31.1 Å². The van der Waals surface area contributed by atoms with Crippen LogP contribution in [-0.2, 0) is 0 Å². The van der Waals surface area contributed by atoms with E-state index in [1.807, 2.05) is 12.1 Å². The van der Waals surface area contributed by atoms with Crippen LogP contribution in [0.25, 0.3) is 32.9 Å². The summed E-state index contributed by atoms with van der Waals surface area (Å²) in [4.78, 5) is 3.63. The Morgan fingerprint density at radius 2 is 1.67 bits per heavy atom. The zero-order valence-electron chi connectivity index (χ0n) is 14.0. The Hall–Kier alpha value is -2.01. The van der Waals surface area contributed by atoms with Crippen molar-refractivity contribution in [3.05, 3.63) is 62.7 Å². The van der Waals surface area contributed by atoms with Gasteiger partial charge in [-0.25, -0.2) is 0 Å². The molecule has 4 aromatic rings. The number of aryl methyl sites for hydroxylation is 2. The highest BCUT2D eigenvalue weighted by molar-refractivity contribution is 14.1. The number of H-pyrrole nitrogens is 1. The highest BCUT2D eigenvalue weighted by Crippen LogP contribution is 2.41. The number of nitrogens with one attached hydrogen (secondary N) is 1. The highest BCUT2D eigenvalue weighted by atomic mass is 127. The van der Waals surface area contributed by atoms with Gasteiger partial charge >= 0.3 is 0 Å². The average molecular weight is 426 g/mol. The van der Waals surface area contributed by atoms with Crippen LogP contribution in [0.4, 0.5) is 5.69 Å². The molecule has 120 valence electrons. The van der Waals surface area contributed by atoms with E-state index in [1.165, 1.54) is 47.6 Å². The summed E-state index contributed by atoms with van der Waals surface area (Å²) < 4.78 is 1.26. The lowest BCUT2D eigenvalue weighted by Gasteiger charge is -2.16. The molecule has 0 bridgehead atoms. The lowest BCUT2D eigenvalue weighted by molar-refractivity contribution is 1.33. The van der Waals surface area contributed by atoms with E-state index in [0.29, 0.717) is 0 Å². The summed E-state index contributed by atoms with van der Waals surface area (Å²) in [6.45, 7) is 6.61. The predicted molar refractivity (Wildman–Crippen MR) is 113 cm³/mol. The SMILES string of the molecule is Cc1c(-c2ccccc2N)c(C)c2[nH]c3ccc(I)cc3c2c1C. The molecule has 0 aliphatic heterocycles. The van der Waals surface area contributed by atoms with Crippen molar-refractivity contribution >= 4 is 50.1 Å². The molecule has 0 aliphatic carbocycles. The number of nitrogens with two attached hydrogens (primary N) is 1. The van der Waals surface area contributed by atoms with E-state index in [9.17, 15) is 0 Å². The molecule has 0 atom stereocenters. The van der Waals surface area contributed by atoms with Gasteiger partial charge in [0.2, 0.25) is 0 Å². The Labute approximate surface area is 155 Å². The fourth-order valence-corrected chi connectivity index (χ4v) is 4.24. The Balaban J connectivity index is 2.19. The summed E-state index contributed by atoms with van der Waals surface area (Å²) in [5.41, 5.74) is 15.8. The maximum absolute atomic E-state index is 6.27. The molecule has 0 fully saturated rings. The van der Waals surface area contributed by atoms with Gasteiger partial charge in [0.15, 0.2) is 0 Å². The topological polar surface area (TPSA) is 41.8 Å². The second kappa shape index (κ2) is 5.52. The second-order valence-corrected chi connectivity index (χ2v) is 7.65. The molecule has 3 N–H and O–H groups in total. The Bertz CT molecular complexity index is 1110. The first kappa shape index (κ1) is 15.5. The van der Waals surface area contributed by atoms with Crippen molar-refractivity contribution in [3.63, 3.8) is 0 Å². The zero-order valence-corrected chi connectivity index (χ0v) is 16.2. The minimum atomic E-state index is 0.827. The largest absolute Gasteiger partial charge is 0.398 e. The monoisotopic (exact) mass is 426 g/mol. The van der Waals surface area contributed by atoms with Crippen LogP contribution in [0.3, 0.4) is 0 Å². The minimum Gasteiger partial charge on any atom is -0.398 e. The molecule has 3 aromatic carbocycles. The van der Waals surface area contributed by atoms with Gasteiger partial charge in [-0.1, -0.05) is 18.2 Å². The van der Waals surface area contributed by atoms with Gasteiger partial charge in [-0.3, -0.25) is 0 Å².